The van der Waals surface area contributed by atoms with E-state index in [2.05, 4.69) is 17.6 Å². The number of carboxylic acids is 1. The van der Waals surface area contributed by atoms with Gasteiger partial charge >= 0.3 is 5.97 Å². The van der Waals surface area contributed by atoms with Crippen molar-refractivity contribution in [1.29, 1.82) is 0 Å². The van der Waals surface area contributed by atoms with Gasteiger partial charge in [-0.05, 0) is 6.42 Å². The van der Waals surface area contributed by atoms with Crippen LogP contribution in [-0.4, -0.2) is 81.1 Å². The molecule has 0 unspecified atom stereocenters. The molecule has 0 bridgehead atoms. The van der Waals surface area contributed by atoms with Gasteiger partial charge in [-0.3, -0.25) is 9.59 Å². The quantitative estimate of drug-likeness (QED) is 0.106. The number of hydrogen-bond donors (Lipinski definition) is 6. The van der Waals surface area contributed by atoms with Crippen LogP contribution in [0.5, 0.6) is 0 Å². The molecule has 0 aliphatic rings. The largest absolute Gasteiger partial charge is 0.480 e. The van der Waals surface area contributed by atoms with E-state index in [-0.39, 0.29) is 23.8 Å². The van der Waals surface area contributed by atoms with Gasteiger partial charge in [0.2, 0.25) is 11.8 Å². The highest BCUT2D eigenvalue weighted by molar-refractivity contribution is 7.99. The molecule has 35 heavy (non-hydrogen) atoms. The maximum absolute atomic E-state index is 12.5. The summed E-state index contributed by atoms with van der Waals surface area (Å²) in [4.78, 5) is 35.9. The van der Waals surface area contributed by atoms with E-state index < -0.39 is 43.3 Å². The third-order valence-corrected chi connectivity index (χ3v) is 6.95. The Kier molecular flexibility index (Phi) is 22.2. The first-order valence-electron chi connectivity index (χ1n) is 13.2. The molecule has 0 aliphatic carbocycles. The van der Waals surface area contributed by atoms with Crippen LogP contribution in [0.25, 0.3) is 0 Å². The molecule has 2 amide bonds. The van der Waals surface area contributed by atoms with Gasteiger partial charge in [-0.2, -0.15) is 11.8 Å². The monoisotopic (exact) mass is 520 g/mol. The zero-order valence-corrected chi connectivity index (χ0v) is 22.2. The lowest BCUT2D eigenvalue weighted by atomic mass is 10.0. The van der Waals surface area contributed by atoms with E-state index in [1.54, 1.807) is 0 Å². The second kappa shape index (κ2) is 23.1. The smallest absolute Gasteiger partial charge is 0.328 e. The second-order valence-electron chi connectivity index (χ2n) is 9.07. The Morgan fingerprint density at radius 2 is 1.23 bits per heavy atom. The predicted molar refractivity (Wildman–Crippen MR) is 139 cm³/mol. The number of nitrogens with one attached hydrogen (secondary N) is 2. The Hall–Kier alpha value is -1.36. The lowest BCUT2D eigenvalue weighted by molar-refractivity contribution is -0.143. The van der Waals surface area contributed by atoms with E-state index in [1.165, 1.54) is 57.8 Å². The Morgan fingerprint density at radius 3 is 1.69 bits per heavy atom. The lowest BCUT2D eigenvalue weighted by Gasteiger charge is -2.21. The van der Waals surface area contributed by atoms with Crippen LogP contribution in [0.3, 0.4) is 0 Å². The number of unbranched alkanes of at least 4 members (excludes halogenated alkanes) is 12. The molecule has 9 nitrogen and oxygen atoms in total. The highest BCUT2D eigenvalue weighted by Gasteiger charge is 2.26. The zero-order valence-electron chi connectivity index (χ0n) is 21.4. The maximum Gasteiger partial charge on any atom is 0.328 e. The van der Waals surface area contributed by atoms with Gasteiger partial charge in [-0.15, -0.1) is 0 Å². The number of thioether (sulfide) groups is 1. The Balaban J connectivity index is 4.17. The molecule has 0 aromatic heterocycles. The molecule has 0 radical (unpaired) electrons. The topological polar surface area (TPSA) is 156 Å². The minimum Gasteiger partial charge on any atom is -0.480 e. The fourth-order valence-corrected chi connectivity index (χ4v) is 4.57. The molecule has 10 heteroatoms. The number of rotatable bonds is 24. The van der Waals surface area contributed by atoms with Crippen molar-refractivity contribution in [2.24, 2.45) is 0 Å². The summed E-state index contributed by atoms with van der Waals surface area (Å²) in [6, 6.07) is -2.47. The van der Waals surface area contributed by atoms with Gasteiger partial charge in [0.25, 0.3) is 0 Å². The second-order valence-corrected chi connectivity index (χ2v) is 10.1. The van der Waals surface area contributed by atoms with Gasteiger partial charge in [0.05, 0.1) is 19.3 Å². The van der Waals surface area contributed by atoms with Gasteiger partial charge in [-0.25, -0.2) is 4.79 Å². The van der Waals surface area contributed by atoms with Crippen molar-refractivity contribution in [2.45, 2.75) is 115 Å². The Morgan fingerprint density at radius 1 is 0.714 bits per heavy atom. The molecule has 0 fully saturated rings. The summed E-state index contributed by atoms with van der Waals surface area (Å²) in [6.45, 7) is 1.05. The molecule has 3 atom stereocenters. The van der Waals surface area contributed by atoms with Crippen molar-refractivity contribution in [2.75, 3.05) is 24.7 Å². The molecule has 6 N–H and O–H groups in total. The highest BCUT2D eigenvalue weighted by atomic mass is 32.2. The van der Waals surface area contributed by atoms with E-state index >= 15 is 0 Å². The number of carboxylic acid groups (broad SMARTS) is 1. The molecule has 0 aromatic carbocycles. The minimum absolute atomic E-state index is 0.102. The number of aliphatic carboxylic acids is 1. The van der Waals surface area contributed by atoms with Crippen LogP contribution >= 0.6 is 11.8 Å². The Bertz CT molecular complexity index is 566. The minimum atomic E-state index is -1.46. The third kappa shape index (κ3) is 19.5. The summed E-state index contributed by atoms with van der Waals surface area (Å²) in [7, 11) is 0. The molecule has 0 rings (SSSR count). The molecule has 0 saturated carbocycles. The van der Waals surface area contributed by atoms with Crippen molar-refractivity contribution in [3.05, 3.63) is 0 Å². The number of carbonyl (C=O) groups is 3. The van der Waals surface area contributed by atoms with Crippen molar-refractivity contribution in [1.82, 2.24) is 10.6 Å². The van der Waals surface area contributed by atoms with Gasteiger partial charge in [0.1, 0.15) is 12.1 Å². The first kappa shape index (κ1) is 33.6. The molecule has 0 aromatic rings. The zero-order chi connectivity index (χ0) is 26.3. The summed E-state index contributed by atoms with van der Waals surface area (Å²) in [5.74, 6) is -2.12. The van der Waals surface area contributed by atoms with Crippen LogP contribution in [0.4, 0.5) is 0 Å². The molecule has 0 aliphatic heterocycles. The number of aliphatic hydroxyl groups is 3. The fourth-order valence-electron chi connectivity index (χ4n) is 3.59. The van der Waals surface area contributed by atoms with Crippen LogP contribution in [0.1, 0.15) is 96.8 Å². The molecule has 0 spiro atoms. The highest BCUT2D eigenvalue weighted by Crippen LogP contribution is 2.13. The number of carbonyl (C=O) groups excluding carboxylic acids is 2. The first-order valence-corrected chi connectivity index (χ1v) is 14.3. The van der Waals surface area contributed by atoms with E-state index in [4.69, 9.17) is 15.3 Å². The fraction of sp³-hybridized carbons (Fsp3) is 0.880. The van der Waals surface area contributed by atoms with Crippen LogP contribution in [0.2, 0.25) is 0 Å². The van der Waals surface area contributed by atoms with Crippen molar-refractivity contribution in [3.63, 3.8) is 0 Å². The third-order valence-electron chi connectivity index (χ3n) is 5.76. The lowest BCUT2D eigenvalue weighted by Crippen LogP contribution is -2.53. The van der Waals surface area contributed by atoms with Crippen LogP contribution in [0.15, 0.2) is 0 Å². The van der Waals surface area contributed by atoms with Crippen molar-refractivity contribution < 1.29 is 34.8 Å². The maximum atomic E-state index is 12.5. The molecular weight excluding hydrogens is 472 g/mol. The Labute approximate surface area is 214 Å². The number of aliphatic hydroxyl groups excluding tert-OH is 3. The number of hydrogen-bond acceptors (Lipinski definition) is 7. The van der Waals surface area contributed by atoms with Crippen LogP contribution < -0.4 is 10.6 Å². The SMILES string of the molecule is CCCCCCCCCCCCCCCC(=O)N[C@@H](CSC[C@H](O)CO)C(=O)N[C@@H](CO)C(=O)O. The van der Waals surface area contributed by atoms with E-state index in [0.717, 1.165) is 31.0 Å². The van der Waals surface area contributed by atoms with Crippen LogP contribution in [0, 0.1) is 0 Å². The van der Waals surface area contributed by atoms with Gasteiger partial charge in [0.15, 0.2) is 0 Å². The average Bonchev–Trinajstić information content (AvgIpc) is 2.84. The molecule has 0 saturated heterocycles. The molecule has 0 heterocycles. The molecular formula is C25H48N2O7S. The van der Waals surface area contributed by atoms with Gasteiger partial charge in [0, 0.05) is 17.9 Å². The van der Waals surface area contributed by atoms with E-state index in [9.17, 15) is 19.5 Å². The summed E-state index contributed by atoms with van der Waals surface area (Å²) in [5.41, 5.74) is 0. The predicted octanol–water partition coefficient (Wildman–Crippen LogP) is 2.60. The normalized spacial score (nSPS) is 13.7. The van der Waals surface area contributed by atoms with E-state index in [1.807, 2.05) is 0 Å². The van der Waals surface area contributed by atoms with Crippen molar-refractivity contribution >= 4 is 29.5 Å². The van der Waals surface area contributed by atoms with Gasteiger partial charge < -0.3 is 31.1 Å². The standard InChI is InChI=1S/C25H48N2O7S/c1-2-3-4-5-6-7-8-9-10-11-12-13-14-15-23(31)26-22(19-35-18-20(30)16-28)24(32)27-21(17-29)25(33)34/h20-22,28-30H,2-19H2,1H3,(H,26,31)(H,27,32)(H,33,34)/t20-,21+,22+/m1/s1. The summed E-state index contributed by atoms with van der Waals surface area (Å²) in [5, 5.41) is 41.4. The number of amides is 2. The summed E-state index contributed by atoms with van der Waals surface area (Å²) in [6.07, 6.45) is 15.0. The molecule has 206 valence electrons. The van der Waals surface area contributed by atoms with Crippen molar-refractivity contribution in [3.8, 4) is 0 Å². The van der Waals surface area contributed by atoms with E-state index in [0.29, 0.717) is 6.42 Å². The average molecular weight is 521 g/mol. The summed E-state index contributed by atoms with van der Waals surface area (Å²) < 4.78 is 0. The van der Waals surface area contributed by atoms with Crippen LogP contribution in [-0.2, 0) is 14.4 Å². The van der Waals surface area contributed by atoms with Gasteiger partial charge in [-0.1, -0.05) is 84.0 Å². The first-order chi connectivity index (χ1) is 16.8. The summed E-state index contributed by atoms with van der Waals surface area (Å²) >= 11 is 1.16.